The van der Waals surface area contributed by atoms with Gasteiger partial charge in [0.2, 0.25) is 0 Å². The molecule has 0 aliphatic heterocycles. The summed E-state index contributed by atoms with van der Waals surface area (Å²) in [6.07, 6.45) is 0.931. The van der Waals surface area contributed by atoms with E-state index in [1.807, 2.05) is 0 Å². The number of hydrogen-bond acceptors (Lipinski definition) is 1. The zero-order valence-electron chi connectivity index (χ0n) is 12.6. The highest BCUT2D eigenvalue weighted by Gasteiger charge is 2.11. The third-order valence-corrected chi connectivity index (χ3v) is 3.66. The van der Waals surface area contributed by atoms with Gasteiger partial charge >= 0.3 is 0 Å². The smallest absolute Gasteiger partial charge is 0.114 e. The standard InChI is InChI=1S/C18H20N2/c1-5-18-19-16-7-6-12(2)11-17(16)20(18)15-9-13(3)8-14(4)10-15/h6-11H,5H2,1-4H3. The molecule has 0 aliphatic rings. The van der Waals surface area contributed by atoms with Crippen LogP contribution >= 0.6 is 0 Å². The number of hydrogen-bond donors (Lipinski definition) is 0. The predicted octanol–water partition coefficient (Wildman–Crippen LogP) is 4.51. The van der Waals surface area contributed by atoms with E-state index in [1.165, 1.54) is 27.9 Å². The van der Waals surface area contributed by atoms with Crippen LogP contribution < -0.4 is 0 Å². The average Bonchev–Trinajstić information content (AvgIpc) is 2.75. The molecule has 3 aromatic rings. The van der Waals surface area contributed by atoms with Crippen LogP contribution in [0.3, 0.4) is 0 Å². The first kappa shape index (κ1) is 12.9. The summed E-state index contributed by atoms with van der Waals surface area (Å²) < 4.78 is 2.29. The molecule has 0 saturated heterocycles. The highest BCUT2D eigenvalue weighted by atomic mass is 15.1. The maximum atomic E-state index is 4.77. The van der Waals surface area contributed by atoms with Crippen LogP contribution in [0.1, 0.15) is 29.4 Å². The van der Waals surface area contributed by atoms with E-state index >= 15 is 0 Å². The Balaban J connectivity index is 2.35. The van der Waals surface area contributed by atoms with Crippen molar-refractivity contribution < 1.29 is 0 Å². The maximum Gasteiger partial charge on any atom is 0.114 e. The summed E-state index contributed by atoms with van der Waals surface area (Å²) in [7, 11) is 0. The van der Waals surface area contributed by atoms with E-state index in [1.54, 1.807) is 0 Å². The Morgan fingerprint density at radius 3 is 2.25 bits per heavy atom. The molecule has 0 N–H and O–H groups in total. The van der Waals surface area contributed by atoms with Crippen LogP contribution in [0.2, 0.25) is 0 Å². The fraction of sp³-hybridized carbons (Fsp3) is 0.278. The van der Waals surface area contributed by atoms with Crippen LogP contribution in [0.15, 0.2) is 36.4 Å². The van der Waals surface area contributed by atoms with Crippen molar-refractivity contribution in [3.05, 3.63) is 58.9 Å². The summed E-state index contributed by atoms with van der Waals surface area (Å²) in [6.45, 7) is 8.58. The Bertz CT molecular complexity index is 761. The molecule has 1 aromatic heterocycles. The molecule has 0 unspecified atom stereocenters. The topological polar surface area (TPSA) is 17.8 Å². The first-order chi connectivity index (χ1) is 9.58. The van der Waals surface area contributed by atoms with Gasteiger partial charge in [0.25, 0.3) is 0 Å². The lowest BCUT2D eigenvalue weighted by Crippen LogP contribution is -2.01. The van der Waals surface area contributed by atoms with Gasteiger partial charge in [0.05, 0.1) is 11.0 Å². The molecule has 0 atom stereocenters. The van der Waals surface area contributed by atoms with Gasteiger partial charge in [0.15, 0.2) is 0 Å². The van der Waals surface area contributed by atoms with Crippen molar-refractivity contribution in [3.8, 4) is 5.69 Å². The normalized spacial score (nSPS) is 11.2. The molecule has 0 fully saturated rings. The summed E-state index contributed by atoms with van der Waals surface area (Å²) in [5.41, 5.74) is 7.34. The zero-order valence-corrected chi connectivity index (χ0v) is 12.6. The molecule has 0 aliphatic carbocycles. The Morgan fingerprint density at radius 1 is 0.900 bits per heavy atom. The molecule has 102 valence electrons. The van der Waals surface area contributed by atoms with Gasteiger partial charge in [0.1, 0.15) is 5.82 Å². The van der Waals surface area contributed by atoms with Gasteiger partial charge in [-0.3, -0.25) is 4.57 Å². The van der Waals surface area contributed by atoms with E-state index in [-0.39, 0.29) is 0 Å². The van der Waals surface area contributed by atoms with Crippen molar-refractivity contribution in [2.45, 2.75) is 34.1 Å². The second-order valence-electron chi connectivity index (χ2n) is 5.56. The molecule has 0 spiro atoms. The van der Waals surface area contributed by atoms with E-state index in [9.17, 15) is 0 Å². The Kier molecular flexibility index (Phi) is 3.09. The van der Waals surface area contributed by atoms with Crippen LogP contribution in [0.5, 0.6) is 0 Å². The predicted molar refractivity (Wildman–Crippen MR) is 84.7 cm³/mol. The van der Waals surface area contributed by atoms with E-state index in [0.717, 1.165) is 17.8 Å². The van der Waals surface area contributed by atoms with Gasteiger partial charge in [0, 0.05) is 12.1 Å². The van der Waals surface area contributed by atoms with Crippen LogP contribution in [0.4, 0.5) is 0 Å². The molecule has 1 heterocycles. The second kappa shape index (κ2) is 4.78. The number of imidazole rings is 1. The van der Waals surface area contributed by atoms with Crippen molar-refractivity contribution in [3.63, 3.8) is 0 Å². The van der Waals surface area contributed by atoms with E-state index in [2.05, 4.69) is 68.7 Å². The van der Waals surface area contributed by atoms with Gasteiger partial charge in [-0.1, -0.05) is 19.1 Å². The molecule has 2 aromatic carbocycles. The molecular weight excluding hydrogens is 244 g/mol. The summed E-state index contributed by atoms with van der Waals surface area (Å²) >= 11 is 0. The maximum absolute atomic E-state index is 4.77. The molecule has 3 rings (SSSR count). The van der Waals surface area contributed by atoms with E-state index < -0.39 is 0 Å². The lowest BCUT2D eigenvalue weighted by molar-refractivity contribution is 0.906. The van der Waals surface area contributed by atoms with E-state index in [0.29, 0.717) is 0 Å². The minimum atomic E-state index is 0.931. The van der Waals surface area contributed by atoms with Crippen LogP contribution in [-0.4, -0.2) is 9.55 Å². The molecule has 0 amide bonds. The zero-order chi connectivity index (χ0) is 14.3. The minimum Gasteiger partial charge on any atom is -0.296 e. The fourth-order valence-electron chi connectivity index (χ4n) is 2.84. The lowest BCUT2D eigenvalue weighted by Gasteiger charge is -2.11. The van der Waals surface area contributed by atoms with Gasteiger partial charge in [-0.15, -0.1) is 0 Å². The van der Waals surface area contributed by atoms with Gasteiger partial charge in [-0.05, 0) is 61.7 Å². The number of benzene rings is 2. The molecule has 0 bridgehead atoms. The molecule has 0 radical (unpaired) electrons. The molecule has 2 nitrogen and oxygen atoms in total. The molecule has 0 saturated carbocycles. The van der Waals surface area contributed by atoms with Crippen molar-refractivity contribution in [1.29, 1.82) is 0 Å². The SMILES string of the molecule is CCc1nc2ccc(C)cc2n1-c1cc(C)cc(C)c1. The Labute approximate surface area is 120 Å². The van der Waals surface area contributed by atoms with Crippen LogP contribution in [0.25, 0.3) is 16.7 Å². The second-order valence-corrected chi connectivity index (χ2v) is 5.56. The highest BCUT2D eigenvalue weighted by molar-refractivity contribution is 5.79. The van der Waals surface area contributed by atoms with Crippen LogP contribution in [-0.2, 0) is 6.42 Å². The number of aryl methyl sites for hydroxylation is 4. The summed E-state index contributed by atoms with van der Waals surface area (Å²) in [5, 5.41) is 0. The van der Waals surface area contributed by atoms with Gasteiger partial charge < -0.3 is 0 Å². The number of fused-ring (bicyclic) bond motifs is 1. The third kappa shape index (κ3) is 2.11. The number of nitrogens with zero attached hydrogens (tertiary/aromatic N) is 2. The van der Waals surface area contributed by atoms with Crippen molar-refractivity contribution >= 4 is 11.0 Å². The van der Waals surface area contributed by atoms with Crippen LogP contribution in [0, 0.1) is 20.8 Å². The highest BCUT2D eigenvalue weighted by Crippen LogP contribution is 2.24. The summed E-state index contributed by atoms with van der Waals surface area (Å²) in [5.74, 6) is 1.12. The quantitative estimate of drug-likeness (QED) is 0.665. The third-order valence-electron chi connectivity index (χ3n) is 3.66. The number of rotatable bonds is 2. The lowest BCUT2D eigenvalue weighted by atomic mass is 10.1. The minimum absolute atomic E-state index is 0.931. The largest absolute Gasteiger partial charge is 0.296 e. The number of aromatic nitrogens is 2. The Morgan fingerprint density at radius 2 is 1.60 bits per heavy atom. The average molecular weight is 264 g/mol. The van der Waals surface area contributed by atoms with Crippen molar-refractivity contribution in [2.75, 3.05) is 0 Å². The molecule has 20 heavy (non-hydrogen) atoms. The fourth-order valence-corrected chi connectivity index (χ4v) is 2.84. The van der Waals surface area contributed by atoms with Gasteiger partial charge in [-0.2, -0.15) is 0 Å². The molecule has 2 heteroatoms. The van der Waals surface area contributed by atoms with Gasteiger partial charge in [-0.25, -0.2) is 4.98 Å². The van der Waals surface area contributed by atoms with E-state index in [4.69, 9.17) is 4.98 Å². The monoisotopic (exact) mass is 264 g/mol. The molecular formula is C18H20N2. The first-order valence-electron chi connectivity index (χ1n) is 7.15. The summed E-state index contributed by atoms with van der Waals surface area (Å²) in [6, 6.07) is 13.1. The Hall–Kier alpha value is -2.09. The first-order valence-corrected chi connectivity index (χ1v) is 7.15. The summed E-state index contributed by atoms with van der Waals surface area (Å²) in [4.78, 5) is 4.77. The van der Waals surface area contributed by atoms with Crippen molar-refractivity contribution in [1.82, 2.24) is 9.55 Å². The van der Waals surface area contributed by atoms with Crippen molar-refractivity contribution in [2.24, 2.45) is 0 Å².